The molecule has 2 heterocycles. The van der Waals surface area contributed by atoms with Crippen LogP contribution in [0.1, 0.15) is 20.3 Å². The summed E-state index contributed by atoms with van der Waals surface area (Å²) >= 11 is 0. The highest BCUT2D eigenvalue weighted by Gasteiger charge is 2.53. The molecule has 0 aromatic carbocycles. The highest BCUT2D eigenvalue weighted by Crippen LogP contribution is 2.42. The zero-order valence-corrected chi connectivity index (χ0v) is 10.7. The van der Waals surface area contributed by atoms with Gasteiger partial charge in [0.2, 0.25) is 0 Å². The molecule has 0 spiro atoms. The van der Waals surface area contributed by atoms with E-state index in [1.807, 2.05) is 0 Å². The van der Waals surface area contributed by atoms with E-state index in [1.165, 1.54) is 0 Å². The Morgan fingerprint density at radius 2 is 1.88 bits per heavy atom. The maximum atomic E-state index is 10.8. The lowest BCUT2D eigenvalue weighted by Gasteiger charge is -2.23. The summed E-state index contributed by atoms with van der Waals surface area (Å²) in [6.45, 7) is 3.55. The van der Waals surface area contributed by atoms with E-state index in [1.54, 1.807) is 13.8 Å². The fraction of sp³-hybridized carbons (Fsp3) is 1.00. The molecule has 6 nitrogen and oxygen atoms in total. The molecule has 0 amide bonds. The molecule has 2 aliphatic heterocycles. The van der Waals surface area contributed by atoms with E-state index in [0.717, 1.165) is 0 Å². The van der Waals surface area contributed by atoms with Gasteiger partial charge in [-0.25, -0.2) is 0 Å². The zero-order chi connectivity index (χ0) is 12.8. The van der Waals surface area contributed by atoms with Crippen LogP contribution in [0.2, 0.25) is 0 Å². The molecule has 0 aromatic heterocycles. The second kappa shape index (κ2) is 4.33. The van der Waals surface area contributed by atoms with Gasteiger partial charge in [-0.2, -0.15) is 0 Å². The van der Waals surface area contributed by atoms with Gasteiger partial charge in [-0.1, -0.05) is 0 Å². The maximum absolute atomic E-state index is 10.8. The summed E-state index contributed by atoms with van der Waals surface area (Å²) in [7, 11) is 1.73. The van der Waals surface area contributed by atoms with E-state index < -0.39 is 25.5 Å². The lowest BCUT2D eigenvalue weighted by atomic mass is 9.93. The number of hydrogen-bond acceptors (Lipinski definition) is 4. The van der Waals surface area contributed by atoms with E-state index >= 15 is 0 Å². The highest BCUT2D eigenvalue weighted by molar-refractivity contribution is 7.51. The largest absolute Gasteiger partial charge is 0.379 e. The molecule has 0 aliphatic carbocycles. The van der Waals surface area contributed by atoms with Crippen molar-refractivity contribution < 1.29 is 28.6 Å². The first kappa shape index (κ1) is 13.5. The van der Waals surface area contributed by atoms with Gasteiger partial charge >= 0.3 is 7.60 Å². The quantitative estimate of drug-likeness (QED) is 0.548. The fourth-order valence-electron chi connectivity index (χ4n) is 2.24. The molecule has 4 atom stereocenters. The minimum Gasteiger partial charge on any atom is -0.379 e. The normalized spacial score (nSPS) is 40.5. The summed E-state index contributed by atoms with van der Waals surface area (Å²) in [5.41, 5.74) is 0. The van der Waals surface area contributed by atoms with Crippen molar-refractivity contribution in [2.45, 2.75) is 50.4 Å². The predicted molar refractivity (Wildman–Crippen MR) is 59.8 cm³/mol. The van der Waals surface area contributed by atoms with Gasteiger partial charge < -0.3 is 24.0 Å². The maximum Gasteiger partial charge on any atom is 0.325 e. The number of rotatable bonds is 3. The molecule has 0 bridgehead atoms. The van der Waals surface area contributed by atoms with Crippen molar-refractivity contribution in [2.24, 2.45) is 0 Å². The number of hydrogen-bond donors (Lipinski definition) is 2. The van der Waals surface area contributed by atoms with Crippen LogP contribution in [0.25, 0.3) is 0 Å². The van der Waals surface area contributed by atoms with Gasteiger partial charge in [0.15, 0.2) is 5.79 Å². The monoisotopic (exact) mass is 262 g/mol. The van der Waals surface area contributed by atoms with Crippen LogP contribution in [0, 0.1) is 0 Å². The molecule has 2 fully saturated rings. The van der Waals surface area contributed by atoms with Crippen molar-refractivity contribution in [3.05, 3.63) is 0 Å². The SMILES string of the molecule is [B]C1OC(CCP(=O)(O)O)C2OC(C)(C)OC12. The van der Waals surface area contributed by atoms with Gasteiger partial charge in [0, 0.05) is 6.00 Å². The topological polar surface area (TPSA) is 85.2 Å². The molecule has 2 saturated heterocycles. The van der Waals surface area contributed by atoms with Crippen LogP contribution in [-0.2, 0) is 18.8 Å². The Bertz CT molecular complexity index is 342. The van der Waals surface area contributed by atoms with Crippen LogP contribution in [0.4, 0.5) is 0 Å². The molecule has 8 heteroatoms. The van der Waals surface area contributed by atoms with Gasteiger partial charge in [-0.15, -0.1) is 0 Å². The standard InChI is InChI=1S/C9H16BO6P/c1-9(2)15-6-5(3-4-17(11,12)13)14-8(10)7(6)16-9/h5-8H,3-4H2,1-2H3,(H2,11,12,13). The summed E-state index contributed by atoms with van der Waals surface area (Å²) in [5, 5.41) is 0. The van der Waals surface area contributed by atoms with E-state index in [-0.39, 0.29) is 24.8 Å². The molecule has 2 N–H and O–H groups in total. The zero-order valence-electron chi connectivity index (χ0n) is 9.78. The van der Waals surface area contributed by atoms with E-state index in [2.05, 4.69) is 0 Å². The minimum atomic E-state index is -4.02. The second-order valence-corrected chi connectivity index (χ2v) is 6.66. The first-order chi connectivity index (χ1) is 7.68. The summed E-state index contributed by atoms with van der Waals surface area (Å²) in [6, 6.07) is -0.608. The van der Waals surface area contributed by atoms with Crippen molar-refractivity contribution in [3.8, 4) is 0 Å². The van der Waals surface area contributed by atoms with Crippen molar-refractivity contribution in [1.82, 2.24) is 0 Å². The van der Waals surface area contributed by atoms with Crippen molar-refractivity contribution >= 4 is 15.4 Å². The molecule has 96 valence electrons. The molecule has 2 rings (SSSR count). The van der Waals surface area contributed by atoms with Crippen LogP contribution in [0.15, 0.2) is 0 Å². The smallest absolute Gasteiger partial charge is 0.325 e. The van der Waals surface area contributed by atoms with E-state index in [4.69, 9.17) is 31.8 Å². The van der Waals surface area contributed by atoms with Crippen LogP contribution >= 0.6 is 7.60 Å². The fourth-order valence-corrected chi connectivity index (χ4v) is 2.83. The van der Waals surface area contributed by atoms with Crippen LogP contribution in [0.3, 0.4) is 0 Å². The average Bonchev–Trinajstić information content (AvgIpc) is 2.58. The molecular formula is C9H16BO6P. The molecule has 17 heavy (non-hydrogen) atoms. The Balaban J connectivity index is 1.99. The van der Waals surface area contributed by atoms with E-state index in [0.29, 0.717) is 0 Å². The molecule has 0 saturated carbocycles. The molecule has 0 aromatic rings. The Morgan fingerprint density at radius 3 is 2.47 bits per heavy atom. The second-order valence-electron chi connectivity index (χ2n) is 4.88. The van der Waals surface area contributed by atoms with Gasteiger partial charge in [-0.05, 0) is 20.3 Å². The summed E-state index contributed by atoms with van der Waals surface area (Å²) in [5.74, 6) is -0.725. The molecule has 4 unspecified atom stereocenters. The third-order valence-corrected chi connectivity index (χ3v) is 3.73. The van der Waals surface area contributed by atoms with Crippen LogP contribution in [-0.4, -0.2) is 53.9 Å². The van der Waals surface area contributed by atoms with Crippen molar-refractivity contribution in [1.29, 1.82) is 0 Å². The first-order valence-corrected chi connectivity index (χ1v) is 7.29. The van der Waals surface area contributed by atoms with Gasteiger partial charge in [0.1, 0.15) is 20.1 Å². The van der Waals surface area contributed by atoms with Crippen molar-refractivity contribution in [3.63, 3.8) is 0 Å². The van der Waals surface area contributed by atoms with Crippen molar-refractivity contribution in [2.75, 3.05) is 6.16 Å². The first-order valence-electron chi connectivity index (χ1n) is 5.49. The highest BCUT2D eigenvalue weighted by atomic mass is 31.2. The minimum absolute atomic E-state index is 0.207. The van der Waals surface area contributed by atoms with Gasteiger partial charge in [0.25, 0.3) is 0 Å². The summed E-state index contributed by atoms with van der Waals surface area (Å²) in [4.78, 5) is 17.7. The Hall–Kier alpha value is 0.0949. The number of ether oxygens (including phenoxy) is 3. The van der Waals surface area contributed by atoms with Crippen LogP contribution < -0.4 is 0 Å². The molecule has 2 aliphatic rings. The lowest BCUT2D eigenvalue weighted by Crippen LogP contribution is -2.30. The molecule has 2 radical (unpaired) electrons. The van der Waals surface area contributed by atoms with Crippen LogP contribution in [0.5, 0.6) is 0 Å². The third-order valence-electron chi connectivity index (χ3n) is 2.89. The Morgan fingerprint density at radius 1 is 1.29 bits per heavy atom. The lowest BCUT2D eigenvalue weighted by molar-refractivity contribution is -0.179. The summed E-state index contributed by atoms with van der Waals surface area (Å²) in [6.07, 6.45) is -1.18. The predicted octanol–water partition coefficient (Wildman–Crippen LogP) is -0.0323. The van der Waals surface area contributed by atoms with Gasteiger partial charge in [0.05, 0.1) is 12.3 Å². The van der Waals surface area contributed by atoms with Gasteiger partial charge in [-0.3, -0.25) is 4.57 Å². The number of fused-ring (bicyclic) bond motifs is 1. The van der Waals surface area contributed by atoms with E-state index in [9.17, 15) is 4.57 Å². The Kier molecular flexibility index (Phi) is 3.45. The summed E-state index contributed by atoms with van der Waals surface area (Å²) < 4.78 is 27.4. The third kappa shape index (κ3) is 3.10. The molecular weight excluding hydrogens is 246 g/mol. The average molecular weight is 262 g/mol. The Labute approximate surface area is 101 Å².